The molecule has 0 aliphatic rings. The van der Waals surface area contributed by atoms with Gasteiger partial charge >= 0.3 is 0 Å². The molecule has 1 rings (SSSR count). The first-order valence-corrected chi connectivity index (χ1v) is 5.56. The van der Waals surface area contributed by atoms with E-state index >= 15 is 0 Å². The number of nitrogens with zero attached hydrogens (tertiary/aromatic N) is 1. The maximum absolute atomic E-state index is 12.4. The lowest BCUT2D eigenvalue weighted by Crippen LogP contribution is -2.38. The quantitative estimate of drug-likeness (QED) is 0.740. The summed E-state index contributed by atoms with van der Waals surface area (Å²) in [4.78, 5) is 16.3. The first-order chi connectivity index (χ1) is 7.61. The Morgan fingerprint density at radius 3 is 2.50 bits per heavy atom. The van der Waals surface area contributed by atoms with Crippen LogP contribution in [-0.4, -0.2) is 17.3 Å². The Bertz CT molecular complexity index is 364. The Kier molecular flexibility index (Phi) is 4.01. The summed E-state index contributed by atoms with van der Waals surface area (Å²) in [7, 11) is 0. The SMILES string of the molecule is CCC(CC)(CN)C(=O)c1cccnc1N. The molecule has 0 saturated carbocycles. The van der Waals surface area contributed by atoms with Crippen LogP contribution in [0.2, 0.25) is 0 Å². The maximum Gasteiger partial charge on any atom is 0.173 e. The number of pyridine rings is 1. The average molecular weight is 221 g/mol. The van der Waals surface area contributed by atoms with Crippen LogP contribution >= 0.6 is 0 Å². The summed E-state index contributed by atoms with van der Waals surface area (Å²) in [5.74, 6) is 0.290. The molecule has 16 heavy (non-hydrogen) atoms. The zero-order valence-corrected chi connectivity index (χ0v) is 9.86. The first-order valence-electron chi connectivity index (χ1n) is 5.56. The second kappa shape index (κ2) is 5.07. The van der Waals surface area contributed by atoms with Gasteiger partial charge in [-0.15, -0.1) is 0 Å². The Morgan fingerprint density at radius 2 is 2.06 bits per heavy atom. The molecule has 0 aliphatic heterocycles. The number of nitrogen functional groups attached to an aromatic ring is 1. The molecule has 0 aromatic carbocycles. The van der Waals surface area contributed by atoms with Gasteiger partial charge in [0.2, 0.25) is 0 Å². The number of hydrogen-bond donors (Lipinski definition) is 2. The van der Waals surface area contributed by atoms with E-state index in [1.165, 1.54) is 0 Å². The third-order valence-electron chi connectivity index (χ3n) is 3.31. The molecule has 0 atom stereocenters. The predicted octanol–water partition coefficient (Wildman–Crippen LogP) is 1.61. The molecule has 0 amide bonds. The average Bonchev–Trinajstić information content (AvgIpc) is 2.32. The topological polar surface area (TPSA) is 82.0 Å². The fourth-order valence-corrected chi connectivity index (χ4v) is 1.85. The van der Waals surface area contributed by atoms with Crippen molar-refractivity contribution < 1.29 is 4.79 Å². The number of hydrogen-bond acceptors (Lipinski definition) is 4. The van der Waals surface area contributed by atoms with Crippen LogP contribution in [0.4, 0.5) is 5.82 Å². The van der Waals surface area contributed by atoms with E-state index in [0.29, 0.717) is 24.9 Å². The van der Waals surface area contributed by atoms with Crippen LogP contribution in [-0.2, 0) is 0 Å². The number of carbonyl (C=O) groups excluding carboxylic acids is 1. The van der Waals surface area contributed by atoms with Crippen LogP contribution in [0, 0.1) is 5.41 Å². The second-order valence-corrected chi connectivity index (χ2v) is 3.96. The van der Waals surface area contributed by atoms with Gasteiger partial charge in [-0.25, -0.2) is 4.98 Å². The van der Waals surface area contributed by atoms with Crippen LogP contribution in [0.15, 0.2) is 18.3 Å². The number of ketones is 1. The van der Waals surface area contributed by atoms with Gasteiger partial charge in [-0.2, -0.15) is 0 Å². The molecule has 0 aliphatic carbocycles. The highest BCUT2D eigenvalue weighted by Gasteiger charge is 2.35. The van der Waals surface area contributed by atoms with E-state index < -0.39 is 5.41 Å². The van der Waals surface area contributed by atoms with E-state index in [-0.39, 0.29) is 11.6 Å². The zero-order valence-electron chi connectivity index (χ0n) is 9.86. The summed E-state index contributed by atoms with van der Waals surface area (Å²) < 4.78 is 0. The molecular weight excluding hydrogens is 202 g/mol. The van der Waals surface area contributed by atoms with Crippen molar-refractivity contribution in [3.05, 3.63) is 23.9 Å². The molecule has 4 nitrogen and oxygen atoms in total. The van der Waals surface area contributed by atoms with Crippen molar-refractivity contribution in [2.24, 2.45) is 11.1 Å². The van der Waals surface area contributed by atoms with Crippen molar-refractivity contribution >= 4 is 11.6 Å². The molecule has 1 heterocycles. The number of rotatable bonds is 5. The molecule has 0 saturated heterocycles. The highest BCUT2D eigenvalue weighted by atomic mass is 16.1. The summed E-state index contributed by atoms with van der Waals surface area (Å²) in [6, 6.07) is 3.43. The van der Waals surface area contributed by atoms with Gasteiger partial charge in [0.05, 0.1) is 5.56 Å². The molecule has 1 aromatic heterocycles. The Hall–Kier alpha value is -1.42. The van der Waals surface area contributed by atoms with E-state index in [2.05, 4.69) is 4.98 Å². The van der Waals surface area contributed by atoms with Crippen molar-refractivity contribution in [3.8, 4) is 0 Å². The molecule has 0 bridgehead atoms. The van der Waals surface area contributed by atoms with Gasteiger partial charge in [0, 0.05) is 18.2 Å². The smallest absolute Gasteiger partial charge is 0.173 e. The lowest BCUT2D eigenvalue weighted by molar-refractivity contribution is 0.0788. The Balaban J connectivity index is 3.14. The largest absolute Gasteiger partial charge is 0.383 e. The molecule has 4 N–H and O–H groups in total. The number of anilines is 1. The van der Waals surface area contributed by atoms with Crippen LogP contribution in [0.25, 0.3) is 0 Å². The normalized spacial score (nSPS) is 11.4. The molecule has 88 valence electrons. The van der Waals surface area contributed by atoms with E-state index in [4.69, 9.17) is 11.5 Å². The zero-order chi connectivity index (χ0) is 12.2. The van der Waals surface area contributed by atoms with Crippen molar-refractivity contribution in [1.82, 2.24) is 4.98 Å². The highest BCUT2D eigenvalue weighted by Crippen LogP contribution is 2.30. The lowest BCUT2D eigenvalue weighted by Gasteiger charge is -2.28. The van der Waals surface area contributed by atoms with Gasteiger partial charge in [0.25, 0.3) is 0 Å². The van der Waals surface area contributed by atoms with E-state index in [1.54, 1.807) is 18.3 Å². The van der Waals surface area contributed by atoms with Gasteiger partial charge in [0.15, 0.2) is 5.78 Å². The minimum absolute atomic E-state index is 0.00519. The number of Topliss-reactive ketones (excluding diaryl/α,β-unsaturated/α-hetero) is 1. The summed E-state index contributed by atoms with van der Waals surface area (Å²) in [6.07, 6.45) is 3.01. The maximum atomic E-state index is 12.4. The van der Waals surface area contributed by atoms with Gasteiger partial charge < -0.3 is 11.5 Å². The standard InChI is InChI=1S/C12H19N3O/c1-3-12(4-2,8-13)10(16)9-6-5-7-15-11(9)14/h5-7H,3-4,8,13H2,1-2H3,(H2,14,15). The minimum Gasteiger partial charge on any atom is -0.383 e. The van der Waals surface area contributed by atoms with E-state index in [0.717, 1.165) is 0 Å². The van der Waals surface area contributed by atoms with Gasteiger partial charge in [0.1, 0.15) is 5.82 Å². The highest BCUT2D eigenvalue weighted by molar-refractivity contribution is 6.04. The van der Waals surface area contributed by atoms with Crippen molar-refractivity contribution in [1.29, 1.82) is 0 Å². The fraction of sp³-hybridized carbons (Fsp3) is 0.500. The van der Waals surface area contributed by atoms with Crippen LogP contribution in [0.5, 0.6) is 0 Å². The minimum atomic E-state index is -0.503. The first kappa shape index (κ1) is 12.6. The third-order valence-corrected chi connectivity index (χ3v) is 3.31. The molecule has 0 spiro atoms. The van der Waals surface area contributed by atoms with Crippen molar-refractivity contribution in [2.75, 3.05) is 12.3 Å². The lowest BCUT2D eigenvalue weighted by atomic mass is 9.76. The molecule has 0 radical (unpaired) electrons. The van der Waals surface area contributed by atoms with Crippen LogP contribution in [0.3, 0.4) is 0 Å². The van der Waals surface area contributed by atoms with E-state index in [9.17, 15) is 4.79 Å². The van der Waals surface area contributed by atoms with Crippen LogP contribution < -0.4 is 11.5 Å². The number of nitrogens with two attached hydrogens (primary N) is 2. The predicted molar refractivity (Wildman–Crippen MR) is 65.0 cm³/mol. The van der Waals surface area contributed by atoms with Crippen LogP contribution in [0.1, 0.15) is 37.0 Å². The summed E-state index contributed by atoms with van der Waals surface area (Å²) >= 11 is 0. The van der Waals surface area contributed by atoms with Gasteiger partial charge in [-0.05, 0) is 25.0 Å². The van der Waals surface area contributed by atoms with E-state index in [1.807, 2.05) is 13.8 Å². The second-order valence-electron chi connectivity index (χ2n) is 3.96. The molecule has 1 aromatic rings. The molecule has 0 fully saturated rings. The number of aromatic nitrogens is 1. The summed E-state index contributed by atoms with van der Waals surface area (Å²) in [5, 5.41) is 0. The van der Waals surface area contributed by atoms with Crippen molar-refractivity contribution in [2.45, 2.75) is 26.7 Å². The Morgan fingerprint density at radius 1 is 1.44 bits per heavy atom. The van der Waals surface area contributed by atoms with Gasteiger partial charge in [-0.3, -0.25) is 4.79 Å². The van der Waals surface area contributed by atoms with Gasteiger partial charge in [-0.1, -0.05) is 13.8 Å². The molecule has 4 heteroatoms. The number of carbonyl (C=O) groups is 1. The monoisotopic (exact) mass is 221 g/mol. The molecule has 0 unspecified atom stereocenters. The molecular formula is C12H19N3O. The summed E-state index contributed by atoms with van der Waals surface area (Å²) in [6.45, 7) is 4.29. The summed E-state index contributed by atoms with van der Waals surface area (Å²) in [5.41, 5.74) is 11.4. The van der Waals surface area contributed by atoms with Crippen molar-refractivity contribution in [3.63, 3.8) is 0 Å². The fourth-order valence-electron chi connectivity index (χ4n) is 1.85. The Labute approximate surface area is 96.0 Å². The third kappa shape index (κ3) is 2.07.